The molecule has 23 heavy (non-hydrogen) atoms. The van der Waals surface area contributed by atoms with Gasteiger partial charge in [-0.3, -0.25) is 19.1 Å². The van der Waals surface area contributed by atoms with Crippen molar-refractivity contribution in [1.29, 1.82) is 0 Å². The van der Waals surface area contributed by atoms with Gasteiger partial charge in [-0.05, 0) is 36.8 Å². The van der Waals surface area contributed by atoms with Crippen LogP contribution in [0.15, 0.2) is 53.6 Å². The second-order valence-corrected chi connectivity index (χ2v) is 5.21. The predicted molar refractivity (Wildman–Crippen MR) is 86.8 cm³/mol. The number of carbonyl (C=O) groups excluding carboxylic acids is 1. The number of nitrogens with zero attached hydrogens (tertiary/aromatic N) is 3. The topological polar surface area (TPSA) is 76.9 Å². The van der Waals surface area contributed by atoms with Crippen LogP contribution in [-0.2, 0) is 17.9 Å². The number of nitrogens with one attached hydrogen (secondary N) is 1. The third kappa shape index (κ3) is 3.26. The molecule has 2 aromatic heterocycles. The molecular formula is C17H16N4O2. The van der Waals surface area contributed by atoms with Crippen molar-refractivity contribution in [3.63, 3.8) is 0 Å². The number of amides is 1. The minimum absolute atomic E-state index is 0.0339. The summed E-state index contributed by atoms with van der Waals surface area (Å²) in [6.45, 7) is 2.02. The SMILES string of the molecule is Cc1nc2ccccc2n(CC(=O)NCc2ccncc2)c1=O. The molecule has 0 spiro atoms. The van der Waals surface area contributed by atoms with Crippen LogP contribution in [0.5, 0.6) is 0 Å². The van der Waals surface area contributed by atoms with Crippen LogP contribution < -0.4 is 10.9 Å². The van der Waals surface area contributed by atoms with Gasteiger partial charge in [0.25, 0.3) is 5.56 Å². The van der Waals surface area contributed by atoms with Crippen molar-refractivity contribution in [2.45, 2.75) is 20.0 Å². The number of aromatic nitrogens is 3. The van der Waals surface area contributed by atoms with Crippen LogP contribution in [0.3, 0.4) is 0 Å². The van der Waals surface area contributed by atoms with Crippen LogP contribution in [-0.4, -0.2) is 20.4 Å². The first-order valence-corrected chi connectivity index (χ1v) is 7.27. The van der Waals surface area contributed by atoms with Gasteiger partial charge in [-0.25, -0.2) is 4.98 Å². The number of hydrogen-bond donors (Lipinski definition) is 1. The number of benzene rings is 1. The van der Waals surface area contributed by atoms with Crippen LogP contribution >= 0.6 is 0 Å². The first kappa shape index (κ1) is 14.9. The molecule has 3 rings (SSSR count). The van der Waals surface area contributed by atoms with E-state index in [-0.39, 0.29) is 18.0 Å². The highest BCUT2D eigenvalue weighted by Crippen LogP contribution is 2.09. The van der Waals surface area contributed by atoms with E-state index < -0.39 is 0 Å². The molecule has 2 heterocycles. The molecule has 0 aliphatic carbocycles. The van der Waals surface area contributed by atoms with Crippen molar-refractivity contribution in [2.24, 2.45) is 0 Å². The van der Waals surface area contributed by atoms with Crippen molar-refractivity contribution in [3.8, 4) is 0 Å². The summed E-state index contributed by atoms with van der Waals surface area (Å²) in [4.78, 5) is 32.7. The Kier molecular flexibility index (Phi) is 4.14. The number of carbonyl (C=O) groups is 1. The lowest BCUT2D eigenvalue weighted by atomic mass is 10.2. The van der Waals surface area contributed by atoms with Gasteiger partial charge in [0.1, 0.15) is 12.2 Å². The van der Waals surface area contributed by atoms with E-state index in [0.717, 1.165) is 5.56 Å². The minimum atomic E-state index is -0.247. The number of fused-ring (bicyclic) bond motifs is 1. The summed E-state index contributed by atoms with van der Waals surface area (Å²) in [5, 5.41) is 2.81. The molecule has 1 aromatic carbocycles. The maximum absolute atomic E-state index is 12.3. The van der Waals surface area contributed by atoms with Gasteiger partial charge in [-0.2, -0.15) is 0 Å². The number of aryl methyl sites for hydroxylation is 1. The smallest absolute Gasteiger partial charge is 0.272 e. The van der Waals surface area contributed by atoms with Crippen molar-refractivity contribution in [1.82, 2.24) is 19.9 Å². The Balaban J connectivity index is 1.82. The van der Waals surface area contributed by atoms with Gasteiger partial charge in [0.15, 0.2) is 0 Å². The molecule has 0 aliphatic rings. The van der Waals surface area contributed by atoms with E-state index in [0.29, 0.717) is 23.3 Å². The molecule has 0 saturated carbocycles. The van der Waals surface area contributed by atoms with Gasteiger partial charge >= 0.3 is 0 Å². The Hall–Kier alpha value is -3.02. The molecule has 0 atom stereocenters. The highest BCUT2D eigenvalue weighted by atomic mass is 16.2. The molecule has 1 amide bonds. The molecule has 0 saturated heterocycles. The van der Waals surface area contributed by atoms with E-state index in [1.807, 2.05) is 30.3 Å². The molecule has 116 valence electrons. The number of rotatable bonds is 4. The molecular weight excluding hydrogens is 292 g/mol. The third-order valence-electron chi connectivity index (χ3n) is 3.56. The third-order valence-corrected chi connectivity index (χ3v) is 3.56. The zero-order valence-electron chi connectivity index (χ0n) is 12.7. The molecule has 0 aliphatic heterocycles. The van der Waals surface area contributed by atoms with Crippen molar-refractivity contribution in [2.75, 3.05) is 0 Å². The summed E-state index contributed by atoms with van der Waals surface area (Å²) in [5.74, 6) is -0.223. The first-order valence-electron chi connectivity index (χ1n) is 7.27. The largest absolute Gasteiger partial charge is 0.350 e. The van der Waals surface area contributed by atoms with E-state index in [2.05, 4.69) is 15.3 Å². The van der Waals surface area contributed by atoms with E-state index in [4.69, 9.17) is 0 Å². The van der Waals surface area contributed by atoms with Gasteiger partial charge in [-0.15, -0.1) is 0 Å². The molecule has 0 bridgehead atoms. The molecule has 0 fully saturated rings. The van der Waals surface area contributed by atoms with E-state index in [9.17, 15) is 9.59 Å². The van der Waals surface area contributed by atoms with Crippen molar-refractivity contribution in [3.05, 3.63) is 70.4 Å². The summed E-state index contributed by atoms with van der Waals surface area (Å²) >= 11 is 0. The van der Waals surface area contributed by atoms with E-state index in [1.54, 1.807) is 25.4 Å². The standard InChI is InChI=1S/C17H16N4O2/c1-12-17(23)21(15-5-3-2-4-14(15)20-12)11-16(22)19-10-13-6-8-18-9-7-13/h2-9H,10-11H2,1H3,(H,19,22). The Morgan fingerprint density at radius 2 is 1.91 bits per heavy atom. The highest BCUT2D eigenvalue weighted by molar-refractivity contribution is 5.80. The zero-order valence-corrected chi connectivity index (χ0v) is 12.7. The summed E-state index contributed by atoms with van der Waals surface area (Å²) in [6, 6.07) is 11.0. The van der Waals surface area contributed by atoms with Crippen molar-refractivity contribution >= 4 is 16.9 Å². The van der Waals surface area contributed by atoms with Crippen LogP contribution in [0, 0.1) is 6.92 Å². The molecule has 1 N–H and O–H groups in total. The van der Waals surface area contributed by atoms with Crippen molar-refractivity contribution < 1.29 is 4.79 Å². The van der Waals surface area contributed by atoms with Crippen LogP contribution in [0.25, 0.3) is 11.0 Å². The average Bonchev–Trinajstić information content (AvgIpc) is 2.58. The monoisotopic (exact) mass is 308 g/mol. The van der Waals surface area contributed by atoms with Gasteiger partial charge in [0.2, 0.25) is 5.91 Å². The molecule has 3 aromatic rings. The summed E-state index contributed by atoms with van der Waals surface area (Å²) < 4.78 is 1.46. The van der Waals surface area contributed by atoms with Crippen LogP contribution in [0.1, 0.15) is 11.3 Å². The summed E-state index contributed by atoms with van der Waals surface area (Å²) in [7, 11) is 0. The summed E-state index contributed by atoms with van der Waals surface area (Å²) in [6.07, 6.45) is 3.34. The van der Waals surface area contributed by atoms with Gasteiger partial charge in [-0.1, -0.05) is 12.1 Å². The summed E-state index contributed by atoms with van der Waals surface area (Å²) in [5.41, 5.74) is 2.44. The Bertz CT molecular complexity index is 903. The lowest BCUT2D eigenvalue weighted by molar-refractivity contribution is -0.121. The number of para-hydroxylation sites is 2. The second-order valence-electron chi connectivity index (χ2n) is 5.21. The zero-order chi connectivity index (χ0) is 16.2. The molecule has 0 radical (unpaired) electrons. The maximum Gasteiger partial charge on any atom is 0.272 e. The average molecular weight is 308 g/mol. The van der Waals surface area contributed by atoms with E-state index >= 15 is 0 Å². The fourth-order valence-electron chi connectivity index (χ4n) is 2.38. The van der Waals surface area contributed by atoms with Gasteiger partial charge < -0.3 is 5.32 Å². The normalized spacial score (nSPS) is 10.7. The van der Waals surface area contributed by atoms with Crippen LogP contribution in [0.2, 0.25) is 0 Å². The molecule has 6 heteroatoms. The lowest BCUT2D eigenvalue weighted by Crippen LogP contribution is -2.33. The highest BCUT2D eigenvalue weighted by Gasteiger charge is 2.11. The molecule has 6 nitrogen and oxygen atoms in total. The Labute approximate surface area is 132 Å². The van der Waals surface area contributed by atoms with Gasteiger partial charge in [0.05, 0.1) is 11.0 Å². The maximum atomic E-state index is 12.3. The minimum Gasteiger partial charge on any atom is -0.350 e. The predicted octanol–water partition coefficient (Wildman–Crippen LogP) is 1.42. The number of pyridine rings is 1. The quantitative estimate of drug-likeness (QED) is 0.790. The fourth-order valence-corrected chi connectivity index (χ4v) is 2.38. The van der Waals surface area contributed by atoms with Crippen LogP contribution in [0.4, 0.5) is 0 Å². The Morgan fingerprint density at radius 3 is 2.70 bits per heavy atom. The number of hydrogen-bond acceptors (Lipinski definition) is 4. The lowest BCUT2D eigenvalue weighted by Gasteiger charge is -2.11. The van der Waals surface area contributed by atoms with Gasteiger partial charge in [0, 0.05) is 18.9 Å². The Morgan fingerprint density at radius 1 is 1.17 bits per heavy atom. The van der Waals surface area contributed by atoms with E-state index in [1.165, 1.54) is 4.57 Å². The molecule has 0 unspecified atom stereocenters. The fraction of sp³-hybridized carbons (Fsp3) is 0.176. The second kappa shape index (κ2) is 6.39. The first-order chi connectivity index (χ1) is 11.1.